The van der Waals surface area contributed by atoms with Crippen molar-refractivity contribution in [2.75, 3.05) is 13.7 Å². The number of methoxy groups -OCH3 is 1. The second-order valence-corrected chi connectivity index (χ2v) is 4.77. The van der Waals surface area contributed by atoms with E-state index < -0.39 is 6.10 Å². The Morgan fingerprint density at radius 1 is 1.42 bits per heavy atom. The molecule has 1 aromatic rings. The standard InChI is InChI=1S/C14H21N3O2/c1-10(2)11-6-7-14(19-3)12(9-11)13(18)5-4-8-16-17-15/h6-7,9-10,13,18H,4-5,8H2,1-3H3. The molecule has 1 N–H and O–H groups in total. The van der Waals surface area contributed by atoms with Gasteiger partial charge in [0.1, 0.15) is 5.75 Å². The van der Waals surface area contributed by atoms with Gasteiger partial charge in [0.25, 0.3) is 0 Å². The van der Waals surface area contributed by atoms with Crippen molar-refractivity contribution in [3.8, 4) is 5.75 Å². The second kappa shape index (κ2) is 7.67. The van der Waals surface area contributed by atoms with Crippen molar-refractivity contribution in [2.45, 2.75) is 38.7 Å². The van der Waals surface area contributed by atoms with E-state index in [9.17, 15) is 5.11 Å². The molecule has 0 saturated carbocycles. The van der Waals surface area contributed by atoms with Crippen LogP contribution in [0.2, 0.25) is 0 Å². The van der Waals surface area contributed by atoms with Crippen LogP contribution in [0.4, 0.5) is 0 Å². The summed E-state index contributed by atoms with van der Waals surface area (Å²) in [6.07, 6.45) is 0.611. The van der Waals surface area contributed by atoms with Crippen molar-refractivity contribution in [1.29, 1.82) is 0 Å². The molecule has 104 valence electrons. The number of azide groups is 1. The van der Waals surface area contributed by atoms with Gasteiger partial charge in [0.2, 0.25) is 0 Å². The Kier molecular flexibility index (Phi) is 6.19. The van der Waals surface area contributed by atoms with Crippen molar-refractivity contribution in [3.63, 3.8) is 0 Å². The van der Waals surface area contributed by atoms with Crippen LogP contribution in [-0.4, -0.2) is 18.8 Å². The number of aliphatic hydroxyl groups is 1. The average molecular weight is 263 g/mol. The molecule has 0 spiro atoms. The second-order valence-electron chi connectivity index (χ2n) is 4.77. The number of hydrogen-bond donors (Lipinski definition) is 1. The highest BCUT2D eigenvalue weighted by atomic mass is 16.5. The molecule has 19 heavy (non-hydrogen) atoms. The van der Waals surface area contributed by atoms with Gasteiger partial charge < -0.3 is 9.84 Å². The SMILES string of the molecule is COc1ccc(C(C)C)cc1C(O)CCCN=[N+]=[N-]. The van der Waals surface area contributed by atoms with E-state index in [4.69, 9.17) is 10.3 Å². The van der Waals surface area contributed by atoms with E-state index in [1.807, 2.05) is 18.2 Å². The normalized spacial score (nSPS) is 12.1. The molecule has 0 bridgehead atoms. The van der Waals surface area contributed by atoms with E-state index in [0.29, 0.717) is 31.1 Å². The van der Waals surface area contributed by atoms with E-state index in [0.717, 1.165) is 5.56 Å². The Hall–Kier alpha value is -1.71. The molecule has 0 aliphatic carbocycles. The average Bonchev–Trinajstić information content (AvgIpc) is 2.42. The zero-order valence-corrected chi connectivity index (χ0v) is 11.7. The largest absolute Gasteiger partial charge is 0.496 e. The Labute approximate surface area is 113 Å². The van der Waals surface area contributed by atoms with Crippen molar-refractivity contribution in [1.82, 2.24) is 0 Å². The summed E-state index contributed by atoms with van der Waals surface area (Å²) in [4.78, 5) is 2.69. The van der Waals surface area contributed by atoms with Gasteiger partial charge in [-0.05, 0) is 42.0 Å². The van der Waals surface area contributed by atoms with Gasteiger partial charge in [0.15, 0.2) is 0 Å². The van der Waals surface area contributed by atoms with Crippen LogP contribution in [0.15, 0.2) is 23.3 Å². The minimum Gasteiger partial charge on any atom is -0.496 e. The maximum atomic E-state index is 10.2. The zero-order chi connectivity index (χ0) is 14.3. The first-order valence-electron chi connectivity index (χ1n) is 6.47. The Bertz CT molecular complexity index is 454. The van der Waals surface area contributed by atoms with Crippen LogP contribution in [0.3, 0.4) is 0 Å². The van der Waals surface area contributed by atoms with E-state index >= 15 is 0 Å². The molecule has 0 saturated heterocycles. The highest BCUT2D eigenvalue weighted by Gasteiger charge is 2.14. The maximum Gasteiger partial charge on any atom is 0.124 e. The van der Waals surface area contributed by atoms with Gasteiger partial charge in [0.05, 0.1) is 13.2 Å². The fourth-order valence-corrected chi connectivity index (χ4v) is 1.93. The third-order valence-corrected chi connectivity index (χ3v) is 3.08. The lowest BCUT2D eigenvalue weighted by molar-refractivity contribution is 0.161. The predicted octanol–water partition coefficient (Wildman–Crippen LogP) is 3.94. The van der Waals surface area contributed by atoms with Gasteiger partial charge in [-0.3, -0.25) is 0 Å². The summed E-state index contributed by atoms with van der Waals surface area (Å²) >= 11 is 0. The molecular weight excluding hydrogens is 242 g/mol. The van der Waals surface area contributed by atoms with Crippen LogP contribution in [0.25, 0.3) is 10.4 Å². The van der Waals surface area contributed by atoms with Gasteiger partial charge >= 0.3 is 0 Å². The Morgan fingerprint density at radius 3 is 2.74 bits per heavy atom. The summed E-state index contributed by atoms with van der Waals surface area (Å²) < 4.78 is 5.29. The smallest absolute Gasteiger partial charge is 0.124 e. The summed E-state index contributed by atoms with van der Waals surface area (Å²) in [5, 5.41) is 13.7. The van der Waals surface area contributed by atoms with Gasteiger partial charge in [-0.1, -0.05) is 25.0 Å². The monoisotopic (exact) mass is 263 g/mol. The topological polar surface area (TPSA) is 78.2 Å². The molecule has 1 aromatic carbocycles. The summed E-state index contributed by atoms with van der Waals surface area (Å²) in [7, 11) is 1.60. The molecule has 0 amide bonds. The Morgan fingerprint density at radius 2 is 2.16 bits per heavy atom. The number of benzene rings is 1. The van der Waals surface area contributed by atoms with Crippen LogP contribution < -0.4 is 4.74 Å². The van der Waals surface area contributed by atoms with E-state index in [1.54, 1.807) is 7.11 Å². The first-order chi connectivity index (χ1) is 9.10. The molecule has 0 heterocycles. The minimum atomic E-state index is -0.595. The van der Waals surface area contributed by atoms with Crippen LogP contribution in [0.1, 0.15) is 49.8 Å². The molecular formula is C14H21N3O2. The van der Waals surface area contributed by atoms with Gasteiger partial charge in [-0.25, -0.2) is 0 Å². The lowest BCUT2D eigenvalue weighted by Crippen LogP contribution is -2.03. The number of ether oxygens (including phenoxy) is 1. The molecule has 0 radical (unpaired) electrons. The lowest BCUT2D eigenvalue weighted by atomic mass is 9.96. The third kappa shape index (κ3) is 4.47. The zero-order valence-electron chi connectivity index (χ0n) is 11.7. The van der Waals surface area contributed by atoms with Gasteiger partial charge in [0, 0.05) is 17.0 Å². The fourth-order valence-electron chi connectivity index (χ4n) is 1.93. The molecule has 1 unspecified atom stereocenters. The van der Waals surface area contributed by atoms with E-state index in [2.05, 4.69) is 23.9 Å². The highest BCUT2D eigenvalue weighted by molar-refractivity contribution is 5.39. The predicted molar refractivity (Wildman–Crippen MR) is 75.3 cm³/mol. The fraction of sp³-hybridized carbons (Fsp3) is 0.571. The van der Waals surface area contributed by atoms with Crippen LogP contribution >= 0.6 is 0 Å². The summed E-state index contributed by atoms with van der Waals surface area (Å²) in [6.45, 7) is 4.62. The van der Waals surface area contributed by atoms with Gasteiger partial charge in [-0.15, -0.1) is 0 Å². The lowest BCUT2D eigenvalue weighted by Gasteiger charge is -2.17. The molecule has 0 aliphatic heterocycles. The first kappa shape index (κ1) is 15.3. The van der Waals surface area contributed by atoms with Crippen molar-refractivity contribution < 1.29 is 9.84 Å². The molecule has 1 atom stereocenters. The summed E-state index contributed by atoms with van der Waals surface area (Å²) in [5.74, 6) is 1.10. The van der Waals surface area contributed by atoms with E-state index in [1.165, 1.54) is 5.56 Å². The van der Waals surface area contributed by atoms with Crippen molar-refractivity contribution in [2.24, 2.45) is 5.11 Å². The number of rotatable bonds is 7. The first-order valence-corrected chi connectivity index (χ1v) is 6.47. The van der Waals surface area contributed by atoms with Crippen LogP contribution in [-0.2, 0) is 0 Å². The molecule has 1 rings (SSSR count). The number of hydrogen-bond acceptors (Lipinski definition) is 3. The number of aliphatic hydroxyl groups excluding tert-OH is 1. The van der Waals surface area contributed by atoms with Crippen LogP contribution in [0, 0.1) is 0 Å². The minimum absolute atomic E-state index is 0.403. The van der Waals surface area contributed by atoms with E-state index in [-0.39, 0.29) is 0 Å². The third-order valence-electron chi connectivity index (χ3n) is 3.08. The molecule has 5 heteroatoms. The molecule has 0 fully saturated rings. The molecule has 5 nitrogen and oxygen atoms in total. The number of nitrogens with zero attached hydrogens (tertiary/aromatic N) is 3. The van der Waals surface area contributed by atoms with Crippen LogP contribution in [0.5, 0.6) is 5.75 Å². The summed E-state index contributed by atoms with van der Waals surface area (Å²) in [6, 6.07) is 5.89. The molecule has 0 aliphatic rings. The van der Waals surface area contributed by atoms with Crippen molar-refractivity contribution >= 4 is 0 Å². The summed E-state index contributed by atoms with van der Waals surface area (Å²) in [5.41, 5.74) is 10.2. The van der Waals surface area contributed by atoms with Crippen molar-refractivity contribution in [3.05, 3.63) is 39.8 Å². The quantitative estimate of drug-likeness (QED) is 0.350. The maximum absolute atomic E-state index is 10.2. The Balaban J connectivity index is 2.83. The van der Waals surface area contributed by atoms with Gasteiger partial charge in [-0.2, -0.15) is 0 Å². The molecule has 0 aromatic heterocycles. The highest BCUT2D eigenvalue weighted by Crippen LogP contribution is 2.31.